The first-order valence-electron chi connectivity index (χ1n) is 7.33. The molecule has 0 bridgehead atoms. The molecule has 0 spiro atoms. The lowest BCUT2D eigenvalue weighted by Crippen LogP contribution is -2.39. The van der Waals surface area contributed by atoms with Crippen LogP contribution >= 0.6 is 0 Å². The number of esters is 2. The summed E-state index contributed by atoms with van der Waals surface area (Å²) in [5, 5.41) is 0. The van der Waals surface area contributed by atoms with Gasteiger partial charge in [-0.05, 0) is 13.8 Å². The van der Waals surface area contributed by atoms with E-state index in [2.05, 4.69) is 0 Å². The predicted octanol–water partition coefficient (Wildman–Crippen LogP) is 0.655. The zero-order valence-electron chi connectivity index (χ0n) is 12.0. The third kappa shape index (κ3) is 1.92. The molecule has 3 aliphatic heterocycles. The number of rotatable bonds is 1. The Hall–Kier alpha value is -1.40. The molecule has 0 aromatic carbocycles. The largest absolute Gasteiger partial charge is 0.465 e. The molecular formula is C15H18O6. The minimum atomic E-state index is -0.664. The van der Waals surface area contributed by atoms with Crippen molar-refractivity contribution in [3.8, 4) is 0 Å². The fourth-order valence-corrected chi connectivity index (χ4v) is 3.88. The lowest BCUT2D eigenvalue weighted by atomic mass is 9.71. The lowest BCUT2D eigenvalue weighted by molar-refractivity contribution is -0.164. The second-order valence-electron chi connectivity index (χ2n) is 6.58. The summed E-state index contributed by atoms with van der Waals surface area (Å²) in [4.78, 5) is 24.2. The Kier molecular flexibility index (Phi) is 2.72. The molecule has 6 atom stereocenters. The van der Waals surface area contributed by atoms with E-state index in [1.165, 1.54) is 0 Å². The van der Waals surface area contributed by atoms with Crippen molar-refractivity contribution < 1.29 is 28.5 Å². The van der Waals surface area contributed by atoms with Crippen molar-refractivity contribution in [3.63, 3.8) is 0 Å². The molecular weight excluding hydrogens is 276 g/mol. The van der Waals surface area contributed by atoms with Crippen molar-refractivity contribution in [3.05, 3.63) is 12.2 Å². The van der Waals surface area contributed by atoms with Crippen LogP contribution in [-0.4, -0.2) is 43.1 Å². The van der Waals surface area contributed by atoms with E-state index in [9.17, 15) is 9.59 Å². The van der Waals surface area contributed by atoms with Gasteiger partial charge in [0.1, 0.15) is 12.2 Å². The highest BCUT2D eigenvalue weighted by atomic mass is 16.8. The van der Waals surface area contributed by atoms with E-state index in [0.29, 0.717) is 13.2 Å². The average Bonchev–Trinajstić information content (AvgIpc) is 3.07. The Morgan fingerprint density at radius 2 is 1.90 bits per heavy atom. The van der Waals surface area contributed by atoms with Gasteiger partial charge >= 0.3 is 11.9 Å². The molecule has 0 aromatic rings. The minimum absolute atomic E-state index is 0.0118. The maximum atomic E-state index is 12.3. The van der Waals surface area contributed by atoms with E-state index in [-0.39, 0.29) is 29.9 Å². The molecule has 0 radical (unpaired) electrons. The Morgan fingerprint density at radius 3 is 2.62 bits per heavy atom. The molecule has 6 nitrogen and oxygen atoms in total. The fraction of sp³-hybridized carbons (Fsp3) is 0.733. The van der Waals surface area contributed by atoms with Crippen LogP contribution in [0.25, 0.3) is 0 Å². The predicted molar refractivity (Wildman–Crippen MR) is 68.8 cm³/mol. The van der Waals surface area contributed by atoms with Gasteiger partial charge in [0, 0.05) is 11.8 Å². The van der Waals surface area contributed by atoms with Crippen molar-refractivity contribution in [1.82, 2.24) is 0 Å². The van der Waals surface area contributed by atoms with Gasteiger partial charge in [-0.15, -0.1) is 0 Å². The van der Waals surface area contributed by atoms with E-state index in [1.807, 2.05) is 26.0 Å². The monoisotopic (exact) mass is 294 g/mol. The quantitative estimate of drug-likeness (QED) is 0.522. The standard InChI is InChI=1S/C15H18O6/c1-15(2)19-6-9(21-15)12-8-4-3-7-5-18-13(16)10(7)11(8)14(17)20-12/h3-4,7-12H,5-6H2,1-2H3/t7-,8-,9-,10+,11-,12+/m1/s1. The fourth-order valence-electron chi connectivity index (χ4n) is 3.88. The highest BCUT2D eigenvalue weighted by Crippen LogP contribution is 2.47. The lowest BCUT2D eigenvalue weighted by Gasteiger charge is -2.28. The summed E-state index contributed by atoms with van der Waals surface area (Å²) in [5.41, 5.74) is 0. The molecule has 0 N–H and O–H groups in total. The van der Waals surface area contributed by atoms with Crippen LogP contribution < -0.4 is 0 Å². The van der Waals surface area contributed by atoms with Gasteiger partial charge in [-0.2, -0.15) is 0 Å². The number of hydrogen-bond acceptors (Lipinski definition) is 6. The van der Waals surface area contributed by atoms with Crippen LogP contribution in [0.3, 0.4) is 0 Å². The van der Waals surface area contributed by atoms with Gasteiger partial charge in [0.05, 0.1) is 25.0 Å². The highest BCUT2D eigenvalue weighted by molar-refractivity contribution is 5.86. The molecule has 0 aromatic heterocycles. The Bertz CT molecular complexity index is 524. The van der Waals surface area contributed by atoms with E-state index < -0.39 is 23.7 Å². The number of fused-ring (bicyclic) bond motifs is 3. The molecule has 3 heterocycles. The zero-order valence-corrected chi connectivity index (χ0v) is 12.0. The van der Waals surface area contributed by atoms with Crippen LogP contribution in [0.5, 0.6) is 0 Å². The molecule has 0 amide bonds. The topological polar surface area (TPSA) is 71.1 Å². The van der Waals surface area contributed by atoms with Gasteiger partial charge in [0.25, 0.3) is 0 Å². The third-order valence-electron chi connectivity index (χ3n) is 4.83. The smallest absolute Gasteiger partial charge is 0.310 e. The van der Waals surface area contributed by atoms with E-state index in [4.69, 9.17) is 18.9 Å². The Balaban J connectivity index is 1.61. The second kappa shape index (κ2) is 4.30. The van der Waals surface area contributed by atoms with E-state index in [0.717, 1.165) is 0 Å². The van der Waals surface area contributed by atoms with E-state index in [1.54, 1.807) is 0 Å². The molecule has 6 heteroatoms. The van der Waals surface area contributed by atoms with Crippen LogP contribution in [0.2, 0.25) is 0 Å². The third-order valence-corrected chi connectivity index (χ3v) is 4.83. The molecule has 21 heavy (non-hydrogen) atoms. The highest BCUT2D eigenvalue weighted by Gasteiger charge is 2.59. The number of hydrogen-bond donors (Lipinski definition) is 0. The van der Waals surface area contributed by atoms with Gasteiger partial charge in [-0.3, -0.25) is 9.59 Å². The average molecular weight is 294 g/mol. The van der Waals surface area contributed by atoms with Crippen LogP contribution in [0, 0.1) is 23.7 Å². The summed E-state index contributed by atoms with van der Waals surface area (Å²) in [6.45, 7) is 4.42. The second-order valence-corrected chi connectivity index (χ2v) is 6.58. The maximum absolute atomic E-state index is 12.3. The number of carbonyl (C=O) groups is 2. The molecule has 4 rings (SSSR count). The van der Waals surface area contributed by atoms with Crippen molar-refractivity contribution in [2.75, 3.05) is 13.2 Å². The number of cyclic esters (lactones) is 2. The summed E-state index contributed by atoms with van der Waals surface area (Å²) in [5.74, 6) is -2.30. The van der Waals surface area contributed by atoms with Gasteiger partial charge in [0.2, 0.25) is 0 Å². The maximum Gasteiger partial charge on any atom is 0.310 e. The van der Waals surface area contributed by atoms with Crippen molar-refractivity contribution in [2.45, 2.75) is 31.8 Å². The Morgan fingerprint density at radius 1 is 1.10 bits per heavy atom. The molecule has 3 fully saturated rings. The Labute approximate surface area is 122 Å². The van der Waals surface area contributed by atoms with Crippen LogP contribution in [-0.2, 0) is 28.5 Å². The summed E-state index contributed by atoms with van der Waals surface area (Å²) in [6, 6.07) is 0. The first kappa shape index (κ1) is 13.3. The van der Waals surface area contributed by atoms with Crippen LogP contribution in [0.1, 0.15) is 13.8 Å². The SMILES string of the molecule is CC1(C)OC[C@H]([C@H]2OC(=O)[C@@H]3[C@H]2C=C[C@@H]2COC(=O)[C@H]32)O1. The van der Waals surface area contributed by atoms with Gasteiger partial charge in [-0.1, -0.05) is 12.2 Å². The summed E-state index contributed by atoms with van der Waals surface area (Å²) >= 11 is 0. The molecule has 1 aliphatic carbocycles. The molecule has 114 valence electrons. The first-order chi connectivity index (χ1) is 9.96. The van der Waals surface area contributed by atoms with Gasteiger partial charge in [0.15, 0.2) is 5.79 Å². The normalized spacial score (nSPS) is 47.0. The van der Waals surface area contributed by atoms with E-state index >= 15 is 0 Å². The van der Waals surface area contributed by atoms with Crippen molar-refractivity contribution >= 4 is 11.9 Å². The van der Waals surface area contributed by atoms with Gasteiger partial charge < -0.3 is 18.9 Å². The van der Waals surface area contributed by atoms with Crippen molar-refractivity contribution in [1.29, 1.82) is 0 Å². The van der Waals surface area contributed by atoms with Gasteiger partial charge in [-0.25, -0.2) is 0 Å². The number of carbonyl (C=O) groups excluding carboxylic acids is 2. The molecule has 3 saturated heterocycles. The van der Waals surface area contributed by atoms with Crippen molar-refractivity contribution in [2.24, 2.45) is 23.7 Å². The van der Waals surface area contributed by atoms with Crippen LogP contribution in [0.15, 0.2) is 12.2 Å². The zero-order chi connectivity index (χ0) is 14.8. The number of ether oxygens (including phenoxy) is 4. The summed E-state index contributed by atoms with van der Waals surface area (Å²) < 4.78 is 22.0. The summed E-state index contributed by atoms with van der Waals surface area (Å²) in [6.07, 6.45) is 3.28. The summed E-state index contributed by atoms with van der Waals surface area (Å²) in [7, 11) is 0. The van der Waals surface area contributed by atoms with Crippen LogP contribution in [0.4, 0.5) is 0 Å². The molecule has 0 saturated carbocycles. The molecule has 4 aliphatic rings. The first-order valence-corrected chi connectivity index (χ1v) is 7.33. The molecule has 0 unspecified atom stereocenters. The minimum Gasteiger partial charge on any atom is -0.465 e.